The highest BCUT2D eigenvalue weighted by Gasteiger charge is 2.28. The summed E-state index contributed by atoms with van der Waals surface area (Å²) in [4.78, 5) is 20.2. The lowest BCUT2D eigenvalue weighted by molar-refractivity contribution is -0.122. The molecule has 0 aliphatic rings. The molecule has 0 aliphatic heterocycles. The highest BCUT2D eigenvalue weighted by molar-refractivity contribution is 7.89. The fourth-order valence-electron chi connectivity index (χ4n) is 2.67. The van der Waals surface area contributed by atoms with Crippen molar-refractivity contribution in [3.8, 4) is 5.88 Å². The second kappa shape index (κ2) is 9.96. The number of hydrazine groups is 1. The molecule has 31 heavy (non-hydrogen) atoms. The summed E-state index contributed by atoms with van der Waals surface area (Å²) in [5, 5.41) is 0. The van der Waals surface area contributed by atoms with E-state index in [1.165, 1.54) is 31.5 Å². The van der Waals surface area contributed by atoms with Crippen molar-refractivity contribution in [2.75, 3.05) is 12.5 Å². The third-order valence-electron chi connectivity index (χ3n) is 4.16. The number of benzene rings is 2. The Morgan fingerprint density at radius 1 is 1.10 bits per heavy atom. The van der Waals surface area contributed by atoms with E-state index in [4.69, 9.17) is 4.74 Å². The van der Waals surface area contributed by atoms with Gasteiger partial charge in [0.2, 0.25) is 21.9 Å². The number of nitrogens with zero attached hydrogens (tertiary/aromatic N) is 2. The van der Waals surface area contributed by atoms with Crippen LogP contribution in [0.4, 0.5) is 10.3 Å². The van der Waals surface area contributed by atoms with Gasteiger partial charge in [-0.25, -0.2) is 17.8 Å². The van der Waals surface area contributed by atoms with Gasteiger partial charge in [-0.2, -0.15) is 9.71 Å². The topological polar surface area (TPSA) is 122 Å². The molecule has 9 nitrogen and oxygen atoms in total. The summed E-state index contributed by atoms with van der Waals surface area (Å²) in [5.74, 6) is -1.32. The maximum atomic E-state index is 14.0. The quantitative estimate of drug-likeness (QED) is 0.428. The summed E-state index contributed by atoms with van der Waals surface area (Å²) in [6.07, 6.45) is 1.45. The maximum absolute atomic E-state index is 14.0. The minimum Gasteiger partial charge on any atom is -0.481 e. The van der Waals surface area contributed by atoms with Crippen LogP contribution in [0.1, 0.15) is 5.56 Å². The Balaban J connectivity index is 1.80. The molecule has 11 heteroatoms. The van der Waals surface area contributed by atoms with Gasteiger partial charge < -0.3 is 4.74 Å². The van der Waals surface area contributed by atoms with Crippen LogP contribution in [0.15, 0.2) is 71.8 Å². The van der Waals surface area contributed by atoms with Crippen molar-refractivity contribution in [3.63, 3.8) is 0 Å². The van der Waals surface area contributed by atoms with E-state index in [0.717, 1.165) is 12.1 Å². The van der Waals surface area contributed by atoms with Crippen LogP contribution in [0.5, 0.6) is 5.88 Å². The lowest BCUT2D eigenvalue weighted by atomic mass is 10.1. The molecule has 0 fully saturated rings. The number of aromatic nitrogens is 2. The average molecular weight is 445 g/mol. The zero-order valence-electron chi connectivity index (χ0n) is 16.4. The molecule has 0 radical (unpaired) electrons. The van der Waals surface area contributed by atoms with Crippen molar-refractivity contribution in [2.24, 2.45) is 0 Å². The summed E-state index contributed by atoms with van der Waals surface area (Å²) in [5.41, 5.74) is 5.59. The fourth-order valence-corrected chi connectivity index (χ4v) is 3.95. The Morgan fingerprint density at radius 3 is 2.52 bits per heavy atom. The maximum Gasteiger partial charge on any atom is 0.256 e. The Kier molecular flexibility index (Phi) is 7.11. The molecule has 162 valence electrons. The standard InChI is InChI=1S/C20H20FN5O4S/c1-30-18-11-12-22-20(23-18)25-24-19(27)16(13-14-7-3-2-4-8-14)26-31(28,29)17-10-6-5-9-15(17)21/h2-12,16,26H,13H2,1H3,(H,24,27)(H,22,23,25)/t16-/m0/s1. The Morgan fingerprint density at radius 2 is 1.81 bits per heavy atom. The fraction of sp³-hybridized carbons (Fsp3) is 0.150. The molecule has 3 aromatic rings. The van der Waals surface area contributed by atoms with Crippen LogP contribution in [-0.4, -0.2) is 37.4 Å². The molecule has 0 unspecified atom stereocenters. The molecule has 0 spiro atoms. The minimum absolute atomic E-state index is 0.0288. The van der Waals surface area contributed by atoms with Crippen LogP contribution in [0.2, 0.25) is 0 Å². The van der Waals surface area contributed by atoms with Crippen molar-refractivity contribution >= 4 is 21.9 Å². The highest BCUT2D eigenvalue weighted by Crippen LogP contribution is 2.15. The van der Waals surface area contributed by atoms with Gasteiger partial charge in [0.15, 0.2) is 0 Å². The van der Waals surface area contributed by atoms with Gasteiger partial charge in [0.25, 0.3) is 5.91 Å². The number of rotatable bonds is 9. The van der Waals surface area contributed by atoms with Crippen molar-refractivity contribution < 1.29 is 22.3 Å². The summed E-state index contributed by atoms with van der Waals surface area (Å²) >= 11 is 0. The number of amides is 1. The second-order valence-electron chi connectivity index (χ2n) is 6.33. The van der Waals surface area contributed by atoms with Gasteiger partial charge in [-0.3, -0.25) is 15.6 Å². The largest absolute Gasteiger partial charge is 0.481 e. The monoisotopic (exact) mass is 445 g/mol. The molecular formula is C20H20FN5O4S. The lowest BCUT2D eigenvalue weighted by Gasteiger charge is -2.19. The van der Waals surface area contributed by atoms with E-state index < -0.39 is 32.7 Å². The molecule has 2 aromatic carbocycles. The summed E-state index contributed by atoms with van der Waals surface area (Å²) in [6.45, 7) is 0. The molecule has 1 atom stereocenters. The number of sulfonamides is 1. The smallest absolute Gasteiger partial charge is 0.256 e. The third kappa shape index (κ3) is 5.96. The molecule has 0 aliphatic carbocycles. The van der Waals surface area contributed by atoms with Gasteiger partial charge in [-0.1, -0.05) is 42.5 Å². The first-order chi connectivity index (χ1) is 14.9. The van der Waals surface area contributed by atoms with Crippen molar-refractivity contribution in [3.05, 3.63) is 78.2 Å². The number of halogens is 1. The Bertz CT molecular complexity index is 1150. The number of hydrogen-bond donors (Lipinski definition) is 3. The average Bonchev–Trinajstić information content (AvgIpc) is 2.78. The lowest BCUT2D eigenvalue weighted by Crippen LogP contribution is -2.49. The van der Waals surface area contributed by atoms with Crippen molar-refractivity contribution in [1.29, 1.82) is 0 Å². The van der Waals surface area contributed by atoms with Crippen LogP contribution in [0.3, 0.4) is 0 Å². The number of nitrogens with one attached hydrogen (secondary N) is 3. The Labute approximate surface area is 178 Å². The first-order valence-electron chi connectivity index (χ1n) is 9.13. The van der Waals surface area contributed by atoms with E-state index in [2.05, 4.69) is 25.5 Å². The number of ether oxygens (including phenoxy) is 1. The van der Waals surface area contributed by atoms with Crippen LogP contribution >= 0.6 is 0 Å². The third-order valence-corrected chi connectivity index (χ3v) is 5.66. The van der Waals surface area contributed by atoms with E-state index in [1.54, 1.807) is 30.3 Å². The minimum atomic E-state index is -4.31. The summed E-state index contributed by atoms with van der Waals surface area (Å²) < 4.78 is 46.7. The number of carbonyl (C=O) groups excluding carboxylic acids is 1. The van der Waals surface area contributed by atoms with Crippen molar-refractivity contribution in [2.45, 2.75) is 17.4 Å². The van der Waals surface area contributed by atoms with Crippen LogP contribution < -0.4 is 20.3 Å². The zero-order valence-corrected chi connectivity index (χ0v) is 17.3. The van der Waals surface area contributed by atoms with E-state index in [-0.39, 0.29) is 18.2 Å². The number of anilines is 1. The van der Waals surface area contributed by atoms with Gasteiger partial charge >= 0.3 is 0 Å². The SMILES string of the molecule is COc1ccnc(NNC(=O)[C@H](Cc2ccccc2)NS(=O)(=O)c2ccccc2F)n1. The number of methoxy groups -OCH3 is 1. The van der Waals surface area contributed by atoms with E-state index in [0.29, 0.717) is 5.56 Å². The van der Waals surface area contributed by atoms with Gasteiger partial charge in [0.05, 0.1) is 7.11 Å². The summed E-state index contributed by atoms with van der Waals surface area (Å²) in [7, 11) is -2.89. The molecule has 0 saturated carbocycles. The van der Waals surface area contributed by atoms with Gasteiger partial charge in [0.1, 0.15) is 16.8 Å². The molecule has 1 heterocycles. The van der Waals surface area contributed by atoms with Crippen LogP contribution in [-0.2, 0) is 21.2 Å². The van der Waals surface area contributed by atoms with E-state index >= 15 is 0 Å². The Hall–Kier alpha value is -3.57. The first kappa shape index (κ1) is 22.1. The van der Waals surface area contributed by atoms with Crippen LogP contribution in [0.25, 0.3) is 0 Å². The summed E-state index contributed by atoms with van der Waals surface area (Å²) in [6, 6.07) is 14.0. The number of hydrogen-bond acceptors (Lipinski definition) is 7. The highest BCUT2D eigenvalue weighted by atomic mass is 32.2. The normalized spacial score (nSPS) is 12.1. The number of carbonyl (C=O) groups is 1. The first-order valence-corrected chi connectivity index (χ1v) is 10.6. The van der Waals surface area contributed by atoms with E-state index in [1.807, 2.05) is 0 Å². The predicted octanol–water partition coefficient (Wildman–Crippen LogP) is 1.66. The van der Waals surface area contributed by atoms with Crippen LogP contribution in [0, 0.1) is 5.82 Å². The molecule has 1 amide bonds. The van der Waals surface area contributed by atoms with E-state index in [9.17, 15) is 17.6 Å². The van der Waals surface area contributed by atoms with Crippen molar-refractivity contribution in [1.82, 2.24) is 20.1 Å². The molecule has 3 N–H and O–H groups in total. The van der Waals surface area contributed by atoms with Gasteiger partial charge in [0, 0.05) is 12.3 Å². The predicted molar refractivity (Wildman–Crippen MR) is 111 cm³/mol. The van der Waals surface area contributed by atoms with Gasteiger partial charge in [-0.15, -0.1) is 0 Å². The zero-order chi connectivity index (χ0) is 22.3. The molecule has 1 aromatic heterocycles. The molecule has 0 bridgehead atoms. The molecule has 0 saturated heterocycles. The van der Waals surface area contributed by atoms with Gasteiger partial charge in [-0.05, 0) is 24.1 Å². The second-order valence-corrected chi connectivity index (χ2v) is 8.01. The molecule has 3 rings (SSSR count). The molecular weight excluding hydrogens is 425 g/mol.